The topological polar surface area (TPSA) is 46.6 Å². The van der Waals surface area contributed by atoms with Crippen LogP contribution >= 0.6 is 22.9 Å². The van der Waals surface area contributed by atoms with E-state index in [0.717, 1.165) is 16.9 Å². The van der Waals surface area contributed by atoms with E-state index in [0.29, 0.717) is 16.6 Å². The second-order valence-electron chi connectivity index (χ2n) is 4.52. The molecule has 0 amide bonds. The number of alkyl halides is 1. The first-order valence-electron chi connectivity index (χ1n) is 6.20. The van der Waals surface area contributed by atoms with Gasteiger partial charge < -0.3 is 4.74 Å². The number of rotatable bonds is 6. The minimum Gasteiger partial charge on any atom is -0.497 e. The molecule has 1 heterocycles. The van der Waals surface area contributed by atoms with Crippen LogP contribution < -0.4 is 4.74 Å². The van der Waals surface area contributed by atoms with E-state index in [-0.39, 0.29) is 0 Å². The fourth-order valence-electron chi connectivity index (χ4n) is 1.79. The van der Waals surface area contributed by atoms with Crippen molar-refractivity contribution >= 4 is 33.0 Å². The van der Waals surface area contributed by atoms with Crippen molar-refractivity contribution in [3.8, 4) is 5.75 Å². The number of thiophene rings is 1. The number of nitrogens with zero attached hydrogens (tertiary/aromatic N) is 1. The van der Waals surface area contributed by atoms with Crippen molar-refractivity contribution in [2.75, 3.05) is 14.2 Å². The summed E-state index contributed by atoms with van der Waals surface area (Å²) in [6, 6.07) is 8.95. The molecule has 1 aromatic carbocycles. The van der Waals surface area contributed by atoms with Gasteiger partial charge in [-0.25, -0.2) is 8.42 Å². The molecule has 2 aromatic rings. The van der Waals surface area contributed by atoms with Gasteiger partial charge in [0.2, 0.25) is 0 Å². The summed E-state index contributed by atoms with van der Waals surface area (Å²) in [5.41, 5.74) is 1.72. The van der Waals surface area contributed by atoms with Crippen LogP contribution in [-0.4, -0.2) is 26.9 Å². The minimum atomic E-state index is -3.48. The fourth-order valence-corrected chi connectivity index (χ4v) is 4.61. The molecule has 4 nitrogen and oxygen atoms in total. The third kappa shape index (κ3) is 3.77. The average Bonchev–Trinajstić information content (AvgIpc) is 2.97. The highest BCUT2D eigenvalue weighted by molar-refractivity contribution is 7.91. The van der Waals surface area contributed by atoms with Crippen molar-refractivity contribution in [2.45, 2.75) is 16.6 Å². The lowest BCUT2D eigenvalue weighted by Gasteiger charge is -2.16. The summed E-state index contributed by atoms with van der Waals surface area (Å²) in [7, 11) is -0.317. The smallest absolute Gasteiger partial charge is 0.252 e. The highest BCUT2D eigenvalue weighted by Gasteiger charge is 2.22. The Hall–Kier alpha value is -1.08. The van der Waals surface area contributed by atoms with E-state index in [1.54, 1.807) is 25.6 Å². The van der Waals surface area contributed by atoms with E-state index in [2.05, 4.69) is 0 Å². The van der Waals surface area contributed by atoms with E-state index in [4.69, 9.17) is 16.3 Å². The minimum absolute atomic E-state index is 0.306. The average molecular weight is 346 g/mol. The largest absolute Gasteiger partial charge is 0.497 e. The molecule has 1 aromatic heterocycles. The van der Waals surface area contributed by atoms with Crippen molar-refractivity contribution in [1.29, 1.82) is 0 Å². The van der Waals surface area contributed by atoms with Gasteiger partial charge in [0, 0.05) is 19.5 Å². The normalized spacial score (nSPS) is 11.8. The Morgan fingerprint density at radius 3 is 2.43 bits per heavy atom. The van der Waals surface area contributed by atoms with Crippen LogP contribution in [0.4, 0.5) is 0 Å². The molecule has 0 aliphatic carbocycles. The van der Waals surface area contributed by atoms with Crippen LogP contribution in [0.3, 0.4) is 0 Å². The molecule has 0 saturated heterocycles. The molecule has 0 saturated carbocycles. The molecule has 0 aliphatic heterocycles. The standard InChI is InChI=1S/C14H16ClNO3S2/c1-16(9-11-3-5-13(19-2)6-4-11)21(17,18)14-7-12(8-15)10-20-14/h3-7,10H,8-9H2,1-2H3. The maximum Gasteiger partial charge on any atom is 0.252 e. The third-order valence-electron chi connectivity index (χ3n) is 3.01. The van der Waals surface area contributed by atoms with Gasteiger partial charge in [0.1, 0.15) is 9.96 Å². The Kier molecular flexibility index (Phi) is 5.27. The van der Waals surface area contributed by atoms with Crippen LogP contribution in [0.1, 0.15) is 11.1 Å². The first-order valence-corrected chi connectivity index (χ1v) is 9.05. The van der Waals surface area contributed by atoms with Gasteiger partial charge in [0.15, 0.2) is 0 Å². The predicted octanol–water partition coefficient (Wildman–Crippen LogP) is 3.32. The van der Waals surface area contributed by atoms with Crippen molar-refractivity contribution < 1.29 is 13.2 Å². The maximum atomic E-state index is 12.5. The van der Waals surface area contributed by atoms with Gasteiger partial charge in [-0.15, -0.1) is 22.9 Å². The molecular formula is C14H16ClNO3S2. The number of halogens is 1. The molecule has 0 radical (unpaired) electrons. The number of ether oxygens (including phenoxy) is 1. The van der Waals surface area contributed by atoms with Crippen LogP contribution in [0.25, 0.3) is 0 Å². The van der Waals surface area contributed by atoms with Gasteiger partial charge in [-0.1, -0.05) is 12.1 Å². The Morgan fingerprint density at radius 2 is 1.90 bits per heavy atom. The van der Waals surface area contributed by atoms with E-state index < -0.39 is 10.0 Å². The number of benzene rings is 1. The molecule has 0 fully saturated rings. The van der Waals surface area contributed by atoms with Crippen LogP contribution in [0.5, 0.6) is 5.75 Å². The summed E-state index contributed by atoms with van der Waals surface area (Å²) in [5.74, 6) is 1.06. The second-order valence-corrected chi connectivity index (χ2v) is 7.97. The molecule has 7 heteroatoms. The first-order chi connectivity index (χ1) is 9.97. The fraction of sp³-hybridized carbons (Fsp3) is 0.286. The van der Waals surface area contributed by atoms with Gasteiger partial charge in [-0.05, 0) is 34.7 Å². The van der Waals surface area contributed by atoms with E-state index in [1.807, 2.05) is 24.3 Å². The summed E-state index contributed by atoms with van der Waals surface area (Å²) in [4.78, 5) is 0. The van der Waals surface area contributed by atoms with Gasteiger partial charge in [0.05, 0.1) is 7.11 Å². The molecule has 2 rings (SSSR count). The van der Waals surface area contributed by atoms with Gasteiger partial charge in [0.25, 0.3) is 10.0 Å². The highest BCUT2D eigenvalue weighted by Crippen LogP contribution is 2.25. The zero-order valence-corrected chi connectivity index (χ0v) is 14.1. The quantitative estimate of drug-likeness (QED) is 0.754. The van der Waals surface area contributed by atoms with Crippen molar-refractivity contribution in [1.82, 2.24) is 4.31 Å². The number of hydrogen-bond donors (Lipinski definition) is 0. The summed E-state index contributed by atoms with van der Waals surface area (Å²) >= 11 is 6.91. The van der Waals surface area contributed by atoms with Crippen LogP contribution in [0.15, 0.2) is 39.9 Å². The summed E-state index contributed by atoms with van der Waals surface area (Å²) in [6.07, 6.45) is 0. The lowest BCUT2D eigenvalue weighted by Crippen LogP contribution is -2.25. The van der Waals surface area contributed by atoms with Crippen molar-refractivity contribution in [3.05, 3.63) is 46.8 Å². The van der Waals surface area contributed by atoms with Gasteiger partial charge in [-0.3, -0.25) is 0 Å². The monoisotopic (exact) mass is 345 g/mol. The lowest BCUT2D eigenvalue weighted by atomic mass is 10.2. The van der Waals surface area contributed by atoms with Crippen molar-refractivity contribution in [2.24, 2.45) is 0 Å². The Bertz CT molecular complexity index is 695. The van der Waals surface area contributed by atoms with Gasteiger partial charge in [-0.2, -0.15) is 4.31 Å². The summed E-state index contributed by atoms with van der Waals surface area (Å²) in [6.45, 7) is 0.306. The zero-order valence-electron chi connectivity index (χ0n) is 11.7. The van der Waals surface area contributed by atoms with Crippen LogP contribution in [-0.2, 0) is 22.4 Å². The molecule has 21 heavy (non-hydrogen) atoms. The number of sulfonamides is 1. The molecule has 0 aliphatic rings. The van der Waals surface area contributed by atoms with Gasteiger partial charge >= 0.3 is 0 Å². The number of hydrogen-bond acceptors (Lipinski definition) is 4. The third-order valence-corrected chi connectivity index (χ3v) is 6.59. The Labute approximate surface area is 134 Å². The van der Waals surface area contributed by atoms with Crippen molar-refractivity contribution in [3.63, 3.8) is 0 Å². The molecular weight excluding hydrogens is 330 g/mol. The predicted molar refractivity (Wildman–Crippen MR) is 85.5 cm³/mol. The summed E-state index contributed by atoms with van der Waals surface area (Å²) < 4.78 is 31.6. The maximum absolute atomic E-state index is 12.5. The first kappa shape index (κ1) is 16.3. The van der Waals surface area contributed by atoms with E-state index in [9.17, 15) is 8.42 Å². The zero-order chi connectivity index (χ0) is 15.5. The molecule has 0 unspecified atom stereocenters. The van der Waals surface area contributed by atoms with E-state index in [1.165, 1.54) is 15.6 Å². The molecule has 0 spiro atoms. The van der Waals surface area contributed by atoms with Crippen LogP contribution in [0, 0.1) is 0 Å². The molecule has 0 atom stereocenters. The number of methoxy groups -OCH3 is 1. The summed E-state index contributed by atoms with van der Waals surface area (Å²) in [5, 5.41) is 1.76. The second kappa shape index (κ2) is 6.79. The SMILES string of the molecule is COc1ccc(CN(C)S(=O)(=O)c2cc(CCl)cs2)cc1. The van der Waals surface area contributed by atoms with E-state index >= 15 is 0 Å². The molecule has 0 bridgehead atoms. The lowest BCUT2D eigenvalue weighted by molar-refractivity contribution is 0.414. The van der Waals surface area contributed by atoms with Crippen LogP contribution in [0.2, 0.25) is 0 Å². The Morgan fingerprint density at radius 1 is 1.24 bits per heavy atom. The Balaban J connectivity index is 2.15. The molecule has 0 N–H and O–H groups in total. The highest BCUT2D eigenvalue weighted by atomic mass is 35.5. The molecule has 114 valence electrons.